The van der Waals surface area contributed by atoms with E-state index in [1.165, 1.54) is 18.4 Å². The van der Waals surface area contributed by atoms with Crippen molar-refractivity contribution in [3.8, 4) is 0 Å². The maximum absolute atomic E-state index is 9.94. The predicted octanol–water partition coefficient (Wildman–Crippen LogP) is 2.09. The van der Waals surface area contributed by atoms with Gasteiger partial charge in [-0.05, 0) is 19.1 Å². The van der Waals surface area contributed by atoms with Gasteiger partial charge in [0.15, 0.2) is 5.78 Å². The molecule has 0 aromatic heterocycles. The van der Waals surface area contributed by atoms with Crippen molar-refractivity contribution in [3.63, 3.8) is 0 Å². The Morgan fingerprint density at radius 3 is 1.82 bits per heavy atom. The SMILES string of the molecule is C=CC(=O)C=C.C=COCC. The lowest BCUT2D eigenvalue weighted by molar-refractivity contribution is -0.110. The summed E-state index contributed by atoms with van der Waals surface area (Å²) in [6.45, 7) is 12.4. The van der Waals surface area contributed by atoms with E-state index in [1.807, 2.05) is 6.92 Å². The zero-order valence-electron chi connectivity index (χ0n) is 6.88. The molecule has 0 N–H and O–H groups in total. The first-order valence-electron chi connectivity index (χ1n) is 3.24. The van der Waals surface area contributed by atoms with Crippen LogP contribution in [0.1, 0.15) is 6.92 Å². The molecular weight excluding hydrogens is 140 g/mol. The number of ether oxygens (including phenoxy) is 1. The van der Waals surface area contributed by atoms with Crippen molar-refractivity contribution in [2.75, 3.05) is 6.61 Å². The van der Waals surface area contributed by atoms with E-state index in [1.54, 1.807) is 0 Å². The fourth-order valence-electron chi connectivity index (χ4n) is 0.201. The third kappa shape index (κ3) is 17.7. The Hall–Kier alpha value is -1.31. The van der Waals surface area contributed by atoms with Gasteiger partial charge < -0.3 is 4.74 Å². The van der Waals surface area contributed by atoms with E-state index in [-0.39, 0.29) is 5.78 Å². The third-order valence-corrected chi connectivity index (χ3v) is 0.687. The molecule has 62 valence electrons. The van der Waals surface area contributed by atoms with E-state index in [2.05, 4.69) is 24.5 Å². The summed E-state index contributed by atoms with van der Waals surface area (Å²) in [6.07, 6.45) is 3.86. The Balaban J connectivity index is 0. The molecule has 11 heavy (non-hydrogen) atoms. The van der Waals surface area contributed by atoms with Crippen LogP contribution in [0.4, 0.5) is 0 Å². The zero-order valence-corrected chi connectivity index (χ0v) is 6.88. The van der Waals surface area contributed by atoms with Gasteiger partial charge in [-0.25, -0.2) is 0 Å². The second-order valence-electron chi connectivity index (χ2n) is 1.43. The summed E-state index contributed by atoms with van der Waals surface area (Å²) in [7, 11) is 0. The topological polar surface area (TPSA) is 26.3 Å². The van der Waals surface area contributed by atoms with Crippen molar-refractivity contribution < 1.29 is 9.53 Å². The molecule has 0 radical (unpaired) electrons. The lowest BCUT2D eigenvalue weighted by Gasteiger charge is -1.84. The summed E-state index contributed by atoms with van der Waals surface area (Å²) < 4.78 is 4.60. The van der Waals surface area contributed by atoms with Crippen LogP contribution in [0.3, 0.4) is 0 Å². The van der Waals surface area contributed by atoms with Crippen molar-refractivity contribution in [3.05, 3.63) is 38.2 Å². The van der Waals surface area contributed by atoms with Gasteiger partial charge in [-0.1, -0.05) is 19.7 Å². The monoisotopic (exact) mass is 154 g/mol. The molecule has 0 saturated heterocycles. The maximum Gasteiger partial charge on any atom is 0.177 e. The van der Waals surface area contributed by atoms with Crippen LogP contribution in [0.15, 0.2) is 38.2 Å². The third-order valence-electron chi connectivity index (χ3n) is 0.687. The minimum Gasteiger partial charge on any atom is -0.502 e. The van der Waals surface area contributed by atoms with Gasteiger partial charge in [0.05, 0.1) is 12.9 Å². The highest BCUT2D eigenvalue weighted by Gasteiger charge is 1.75. The van der Waals surface area contributed by atoms with Crippen molar-refractivity contribution in [1.82, 2.24) is 0 Å². The van der Waals surface area contributed by atoms with Crippen LogP contribution in [-0.2, 0) is 9.53 Å². The fourth-order valence-corrected chi connectivity index (χ4v) is 0.201. The minimum absolute atomic E-state index is 0.130. The molecule has 0 aliphatic rings. The second-order valence-corrected chi connectivity index (χ2v) is 1.43. The predicted molar refractivity (Wildman–Crippen MR) is 47.2 cm³/mol. The largest absolute Gasteiger partial charge is 0.502 e. The van der Waals surface area contributed by atoms with Gasteiger partial charge in [0, 0.05) is 0 Å². The van der Waals surface area contributed by atoms with E-state index in [4.69, 9.17) is 0 Å². The molecule has 0 spiro atoms. The molecule has 0 unspecified atom stereocenters. The number of allylic oxidation sites excluding steroid dienone is 2. The second kappa shape index (κ2) is 11.5. The molecule has 0 aliphatic carbocycles. The number of carbonyl (C=O) groups excluding carboxylic acids is 1. The molecule has 0 saturated carbocycles. The van der Waals surface area contributed by atoms with Crippen molar-refractivity contribution in [1.29, 1.82) is 0 Å². The molecule has 0 atom stereocenters. The highest BCUT2D eigenvalue weighted by molar-refractivity contribution is 5.98. The first-order valence-corrected chi connectivity index (χ1v) is 3.24. The van der Waals surface area contributed by atoms with Crippen LogP contribution >= 0.6 is 0 Å². The van der Waals surface area contributed by atoms with Crippen LogP contribution in [0.5, 0.6) is 0 Å². The van der Waals surface area contributed by atoms with Gasteiger partial charge in [0.25, 0.3) is 0 Å². The Morgan fingerprint density at radius 2 is 1.82 bits per heavy atom. The minimum atomic E-state index is -0.130. The lowest BCUT2D eigenvalue weighted by Crippen LogP contribution is -1.78. The number of carbonyl (C=O) groups is 1. The molecule has 2 nitrogen and oxygen atoms in total. The standard InChI is InChI=1S/C5H6O.C4H8O/c1-3-5(6)4-2;1-3-5-4-2/h3-4H,1-2H2;3H,1,4H2,2H3. The van der Waals surface area contributed by atoms with Crippen molar-refractivity contribution >= 4 is 5.78 Å². The molecule has 2 heteroatoms. The first-order chi connectivity index (χ1) is 5.22. The average molecular weight is 154 g/mol. The number of rotatable bonds is 4. The van der Waals surface area contributed by atoms with Gasteiger partial charge in [-0.3, -0.25) is 4.79 Å². The maximum atomic E-state index is 9.94. The first kappa shape index (κ1) is 12.4. The zero-order chi connectivity index (χ0) is 9.11. The number of hydrogen-bond acceptors (Lipinski definition) is 2. The Bertz CT molecular complexity index is 126. The summed E-state index contributed by atoms with van der Waals surface area (Å²) >= 11 is 0. The Morgan fingerprint density at radius 1 is 1.36 bits per heavy atom. The molecule has 0 fully saturated rings. The fraction of sp³-hybridized carbons (Fsp3) is 0.222. The molecule has 0 rings (SSSR count). The highest BCUT2D eigenvalue weighted by Crippen LogP contribution is 1.68. The summed E-state index contributed by atoms with van der Waals surface area (Å²) in [5, 5.41) is 0. The van der Waals surface area contributed by atoms with Crippen LogP contribution < -0.4 is 0 Å². The quantitative estimate of drug-likeness (QED) is 0.458. The lowest BCUT2D eigenvalue weighted by atomic mass is 10.4. The molecule has 0 aromatic carbocycles. The van der Waals surface area contributed by atoms with E-state index in [0.29, 0.717) is 0 Å². The van der Waals surface area contributed by atoms with Gasteiger partial charge in [-0.2, -0.15) is 0 Å². The summed E-state index contributed by atoms with van der Waals surface area (Å²) in [4.78, 5) is 9.94. The van der Waals surface area contributed by atoms with E-state index < -0.39 is 0 Å². The normalized spacial score (nSPS) is 6.64. The number of ketones is 1. The van der Waals surface area contributed by atoms with Crippen molar-refractivity contribution in [2.45, 2.75) is 6.92 Å². The van der Waals surface area contributed by atoms with E-state index >= 15 is 0 Å². The summed E-state index contributed by atoms with van der Waals surface area (Å²) in [5.74, 6) is -0.130. The Labute approximate surface area is 67.9 Å². The highest BCUT2D eigenvalue weighted by atomic mass is 16.5. The van der Waals surface area contributed by atoms with Crippen LogP contribution in [0.25, 0.3) is 0 Å². The summed E-state index contributed by atoms with van der Waals surface area (Å²) in [6, 6.07) is 0. The van der Waals surface area contributed by atoms with Crippen LogP contribution in [0.2, 0.25) is 0 Å². The molecule has 0 heterocycles. The van der Waals surface area contributed by atoms with Crippen LogP contribution in [0, 0.1) is 0 Å². The van der Waals surface area contributed by atoms with Gasteiger partial charge in [0.1, 0.15) is 0 Å². The van der Waals surface area contributed by atoms with Gasteiger partial charge >= 0.3 is 0 Å². The number of hydrogen-bond donors (Lipinski definition) is 0. The van der Waals surface area contributed by atoms with Crippen molar-refractivity contribution in [2.24, 2.45) is 0 Å². The molecular formula is C9H14O2. The van der Waals surface area contributed by atoms with E-state index in [0.717, 1.165) is 6.61 Å². The molecule has 0 amide bonds. The van der Waals surface area contributed by atoms with E-state index in [9.17, 15) is 4.79 Å². The molecule has 0 aliphatic heterocycles. The smallest absolute Gasteiger partial charge is 0.177 e. The molecule has 0 aromatic rings. The van der Waals surface area contributed by atoms with Crippen LogP contribution in [-0.4, -0.2) is 12.4 Å². The summed E-state index contributed by atoms with van der Waals surface area (Å²) in [5.41, 5.74) is 0. The van der Waals surface area contributed by atoms with Gasteiger partial charge in [0.2, 0.25) is 0 Å². The Kier molecular flexibility index (Phi) is 12.9. The average Bonchev–Trinajstić information content (AvgIpc) is 2.06. The molecule has 0 bridgehead atoms. The van der Waals surface area contributed by atoms with Gasteiger partial charge in [-0.15, -0.1) is 0 Å².